The molecular weight excluding hydrogens is 276 g/mol. The number of hydrogen-bond acceptors (Lipinski definition) is 3. The molecule has 2 aromatic carbocycles. The van der Waals surface area contributed by atoms with Gasteiger partial charge in [0, 0.05) is 5.02 Å². The van der Waals surface area contributed by atoms with Gasteiger partial charge in [-0.2, -0.15) is 0 Å². The van der Waals surface area contributed by atoms with E-state index in [9.17, 15) is 0 Å². The molecule has 2 aromatic rings. The molecule has 4 nitrogen and oxygen atoms in total. The van der Waals surface area contributed by atoms with E-state index in [1.54, 1.807) is 43.5 Å². The predicted octanol–water partition coefficient (Wildman–Crippen LogP) is 3.21. The summed E-state index contributed by atoms with van der Waals surface area (Å²) >= 11 is 5.81. The minimum atomic E-state index is -0.0322. The highest BCUT2D eigenvalue weighted by Gasteiger charge is 2.07. The second-order valence-electron chi connectivity index (χ2n) is 4.19. The van der Waals surface area contributed by atoms with Crippen LogP contribution in [0.25, 0.3) is 0 Å². The SMILES string of the molecule is COc1ccc(COc2ccc(Cl)cc2)cc1C(=N)N. The van der Waals surface area contributed by atoms with Gasteiger partial charge >= 0.3 is 0 Å². The first-order valence-electron chi connectivity index (χ1n) is 6.00. The van der Waals surface area contributed by atoms with Gasteiger partial charge in [0.2, 0.25) is 0 Å². The van der Waals surface area contributed by atoms with Crippen molar-refractivity contribution in [3.63, 3.8) is 0 Å². The fourth-order valence-corrected chi connectivity index (χ4v) is 1.88. The molecule has 0 radical (unpaired) electrons. The zero-order valence-corrected chi connectivity index (χ0v) is 11.8. The Labute approximate surface area is 122 Å². The highest BCUT2D eigenvalue weighted by atomic mass is 35.5. The Morgan fingerprint density at radius 2 is 1.90 bits per heavy atom. The number of amidine groups is 1. The van der Waals surface area contributed by atoms with Crippen molar-refractivity contribution in [3.05, 3.63) is 58.6 Å². The average Bonchev–Trinajstić information content (AvgIpc) is 2.46. The van der Waals surface area contributed by atoms with Crippen LogP contribution in [0.1, 0.15) is 11.1 Å². The van der Waals surface area contributed by atoms with Crippen molar-refractivity contribution in [3.8, 4) is 11.5 Å². The van der Waals surface area contributed by atoms with E-state index in [1.807, 2.05) is 6.07 Å². The molecule has 3 N–H and O–H groups in total. The fraction of sp³-hybridized carbons (Fsp3) is 0.133. The summed E-state index contributed by atoms with van der Waals surface area (Å²) in [6.07, 6.45) is 0. The average molecular weight is 291 g/mol. The molecule has 0 heterocycles. The summed E-state index contributed by atoms with van der Waals surface area (Å²) in [6.45, 7) is 0.381. The van der Waals surface area contributed by atoms with Crippen molar-refractivity contribution in [2.45, 2.75) is 6.61 Å². The lowest BCUT2D eigenvalue weighted by molar-refractivity contribution is 0.306. The van der Waals surface area contributed by atoms with Gasteiger partial charge in [0.05, 0.1) is 12.7 Å². The van der Waals surface area contributed by atoms with Gasteiger partial charge in [0.15, 0.2) is 0 Å². The molecule has 0 unspecified atom stereocenters. The quantitative estimate of drug-likeness (QED) is 0.656. The Bertz CT molecular complexity index is 612. The third-order valence-electron chi connectivity index (χ3n) is 2.77. The van der Waals surface area contributed by atoms with Gasteiger partial charge < -0.3 is 15.2 Å². The van der Waals surface area contributed by atoms with Crippen molar-refractivity contribution in [2.75, 3.05) is 7.11 Å². The molecule has 0 aromatic heterocycles. The molecule has 0 aliphatic carbocycles. The van der Waals surface area contributed by atoms with Gasteiger partial charge in [-0.25, -0.2) is 0 Å². The van der Waals surface area contributed by atoms with Gasteiger partial charge in [0.25, 0.3) is 0 Å². The normalized spacial score (nSPS) is 10.1. The van der Waals surface area contributed by atoms with E-state index in [0.717, 1.165) is 11.3 Å². The highest BCUT2D eigenvalue weighted by Crippen LogP contribution is 2.21. The van der Waals surface area contributed by atoms with Crippen LogP contribution in [0.15, 0.2) is 42.5 Å². The lowest BCUT2D eigenvalue weighted by Gasteiger charge is -2.10. The minimum Gasteiger partial charge on any atom is -0.496 e. The smallest absolute Gasteiger partial charge is 0.129 e. The first-order valence-corrected chi connectivity index (χ1v) is 6.37. The van der Waals surface area contributed by atoms with Crippen LogP contribution < -0.4 is 15.2 Å². The lowest BCUT2D eigenvalue weighted by atomic mass is 10.1. The number of halogens is 1. The Morgan fingerprint density at radius 3 is 2.50 bits per heavy atom. The number of ether oxygens (including phenoxy) is 2. The molecular formula is C15H15ClN2O2. The number of rotatable bonds is 5. The van der Waals surface area contributed by atoms with Gasteiger partial charge in [-0.1, -0.05) is 17.7 Å². The van der Waals surface area contributed by atoms with E-state index in [2.05, 4.69) is 0 Å². The number of nitrogens with one attached hydrogen (secondary N) is 1. The summed E-state index contributed by atoms with van der Waals surface area (Å²) in [5.74, 6) is 1.28. The molecule has 104 valence electrons. The van der Waals surface area contributed by atoms with E-state index in [0.29, 0.717) is 22.9 Å². The molecule has 2 rings (SSSR count). The molecule has 5 heteroatoms. The third kappa shape index (κ3) is 3.42. The van der Waals surface area contributed by atoms with Gasteiger partial charge in [-0.3, -0.25) is 5.41 Å². The number of benzene rings is 2. The fourth-order valence-electron chi connectivity index (χ4n) is 1.75. The summed E-state index contributed by atoms with van der Waals surface area (Å²) in [5.41, 5.74) is 7.00. The second-order valence-corrected chi connectivity index (χ2v) is 4.63. The molecule has 0 spiro atoms. The standard InChI is InChI=1S/C15H15ClN2O2/c1-19-14-7-2-10(8-13(14)15(17)18)9-20-12-5-3-11(16)4-6-12/h2-8H,9H2,1H3,(H3,17,18). The number of hydrogen-bond donors (Lipinski definition) is 2. The first-order chi connectivity index (χ1) is 9.60. The van der Waals surface area contributed by atoms with Crippen LogP contribution in [-0.4, -0.2) is 12.9 Å². The van der Waals surface area contributed by atoms with Crippen LogP contribution in [0.2, 0.25) is 5.02 Å². The van der Waals surface area contributed by atoms with Crippen molar-refractivity contribution >= 4 is 17.4 Å². The molecule has 0 bridgehead atoms. The van der Waals surface area contributed by atoms with E-state index in [1.165, 1.54) is 0 Å². The Hall–Kier alpha value is -2.20. The topological polar surface area (TPSA) is 68.3 Å². The van der Waals surface area contributed by atoms with E-state index in [4.69, 9.17) is 32.2 Å². The summed E-state index contributed by atoms with van der Waals surface area (Å²) in [6, 6.07) is 12.6. The third-order valence-corrected chi connectivity index (χ3v) is 3.03. The maximum atomic E-state index is 7.54. The Balaban J connectivity index is 2.11. The van der Waals surface area contributed by atoms with Crippen LogP contribution in [0.4, 0.5) is 0 Å². The molecule has 0 fully saturated rings. The summed E-state index contributed by atoms with van der Waals surface area (Å²) in [7, 11) is 1.55. The number of nitrogen functional groups attached to an aromatic ring is 1. The summed E-state index contributed by atoms with van der Waals surface area (Å²) in [5, 5.41) is 8.21. The number of methoxy groups -OCH3 is 1. The summed E-state index contributed by atoms with van der Waals surface area (Å²) < 4.78 is 10.8. The van der Waals surface area contributed by atoms with Crippen molar-refractivity contribution < 1.29 is 9.47 Å². The van der Waals surface area contributed by atoms with Gasteiger partial charge in [0.1, 0.15) is 23.9 Å². The molecule has 0 saturated heterocycles. The van der Waals surface area contributed by atoms with Gasteiger partial charge in [-0.15, -0.1) is 0 Å². The van der Waals surface area contributed by atoms with Crippen LogP contribution in [0.3, 0.4) is 0 Å². The van der Waals surface area contributed by atoms with E-state index < -0.39 is 0 Å². The van der Waals surface area contributed by atoms with Crippen LogP contribution in [0.5, 0.6) is 11.5 Å². The largest absolute Gasteiger partial charge is 0.496 e. The highest BCUT2D eigenvalue weighted by molar-refractivity contribution is 6.30. The van der Waals surface area contributed by atoms with Gasteiger partial charge in [-0.05, 0) is 42.0 Å². The Morgan fingerprint density at radius 1 is 1.20 bits per heavy atom. The van der Waals surface area contributed by atoms with Crippen LogP contribution >= 0.6 is 11.6 Å². The van der Waals surface area contributed by atoms with Crippen LogP contribution in [-0.2, 0) is 6.61 Å². The maximum Gasteiger partial charge on any atom is 0.129 e. The molecule has 0 amide bonds. The lowest BCUT2D eigenvalue weighted by Crippen LogP contribution is -2.13. The van der Waals surface area contributed by atoms with Crippen molar-refractivity contribution in [1.29, 1.82) is 5.41 Å². The zero-order valence-electron chi connectivity index (χ0n) is 11.0. The molecule has 0 aliphatic rings. The number of nitrogens with two attached hydrogens (primary N) is 1. The molecule has 0 atom stereocenters. The zero-order chi connectivity index (χ0) is 14.5. The predicted molar refractivity (Wildman–Crippen MR) is 79.8 cm³/mol. The van der Waals surface area contributed by atoms with Crippen molar-refractivity contribution in [1.82, 2.24) is 0 Å². The van der Waals surface area contributed by atoms with Crippen molar-refractivity contribution in [2.24, 2.45) is 5.73 Å². The van der Waals surface area contributed by atoms with E-state index >= 15 is 0 Å². The minimum absolute atomic E-state index is 0.0322. The second kappa shape index (κ2) is 6.30. The van der Waals surface area contributed by atoms with E-state index in [-0.39, 0.29) is 5.84 Å². The maximum absolute atomic E-state index is 7.54. The van der Waals surface area contributed by atoms with Crippen LogP contribution in [0, 0.1) is 5.41 Å². The molecule has 0 aliphatic heterocycles. The Kier molecular flexibility index (Phi) is 4.48. The molecule has 20 heavy (non-hydrogen) atoms. The summed E-state index contributed by atoms with van der Waals surface area (Å²) in [4.78, 5) is 0. The first kappa shape index (κ1) is 14.2. The monoisotopic (exact) mass is 290 g/mol. The molecule has 0 saturated carbocycles.